The second kappa shape index (κ2) is 3.10. The van der Waals surface area contributed by atoms with Gasteiger partial charge >= 0.3 is 5.76 Å². The van der Waals surface area contributed by atoms with Gasteiger partial charge in [-0.2, -0.15) is 5.10 Å². The van der Waals surface area contributed by atoms with Crippen molar-refractivity contribution >= 4 is 11.1 Å². The molecule has 16 heavy (non-hydrogen) atoms. The molecule has 0 atom stereocenters. The fourth-order valence-electron chi connectivity index (χ4n) is 1.67. The highest BCUT2D eigenvalue weighted by atomic mass is 16.4. The quantitative estimate of drug-likeness (QED) is 0.650. The molecule has 2 aromatic heterocycles. The van der Waals surface area contributed by atoms with Gasteiger partial charge in [0.1, 0.15) is 0 Å². The number of H-pyrrole nitrogens is 2. The molecule has 0 spiro atoms. The second-order valence-corrected chi connectivity index (χ2v) is 3.66. The summed E-state index contributed by atoms with van der Waals surface area (Å²) in [6.45, 7) is 1.94. The molecule has 5 heteroatoms. The van der Waals surface area contributed by atoms with Crippen LogP contribution in [0, 0.1) is 6.92 Å². The number of nitrogens with zero attached hydrogens (tertiary/aromatic N) is 1. The Kier molecular flexibility index (Phi) is 1.73. The fourth-order valence-corrected chi connectivity index (χ4v) is 1.67. The van der Waals surface area contributed by atoms with Crippen molar-refractivity contribution < 1.29 is 4.42 Å². The summed E-state index contributed by atoms with van der Waals surface area (Å²) in [5.74, 6) is -0.439. The molecule has 0 radical (unpaired) electrons. The third-order valence-corrected chi connectivity index (χ3v) is 2.42. The minimum Gasteiger partial charge on any atom is -0.408 e. The largest absolute Gasteiger partial charge is 0.417 e. The van der Waals surface area contributed by atoms with Crippen molar-refractivity contribution in [2.45, 2.75) is 6.92 Å². The second-order valence-electron chi connectivity index (χ2n) is 3.66. The zero-order valence-corrected chi connectivity index (χ0v) is 8.57. The Balaban J connectivity index is 2.21. The Morgan fingerprint density at radius 2 is 2.19 bits per heavy atom. The van der Waals surface area contributed by atoms with E-state index in [4.69, 9.17) is 4.42 Å². The summed E-state index contributed by atoms with van der Waals surface area (Å²) >= 11 is 0. The highest BCUT2D eigenvalue weighted by Crippen LogP contribution is 2.21. The summed E-state index contributed by atoms with van der Waals surface area (Å²) in [7, 11) is 0. The lowest BCUT2D eigenvalue weighted by Gasteiger charge is -1.94. The molecule has 1 aromatic carbocycles. The first-order chi connectivity index (χ1) is 7.72. The summed E-state index contributed by atoms with van der Waals surface area (Å²) in [4.78, 5) is 13.6. The molecule has 3 aromatic rings. The Hall–Kier alpha value is -2.30. The zero-order valence-electron chi connectivity index (χ0n) is 8.57. The molecule has 0 saturated heterocycles. The van der Waals surface area contributed by atoms with Crippen molar-refractivity contribution in [3.05, 3.63) is 40.5 Å². The lowest BCUT2D eigenvalue weighted by molar-refractivity contribution is 0.555. The van der Waals surface area contributed by atoms with Crippen LogP contribution in [-0.2, 0) is 0 Å². The van der Waals surface area contributed by atoms with Gasteiger partial charge in [0.05, 0.1) is 11.2 Å². The third kappa shape index (κ3) is 1.33. The van der Waals surface area contributed by atoms with E-state index in [1.807, 2.05) is 19.1 Å². The van der Waals surface area contributed by atoms with E-state index in [0.717, 1.165) is 17.0 Å². The van der Waals surface area contributed by atoms with Crippen molar-refractivity contribution in [3.63, 3.8) is 0 Å². The van der Waals surface area contributed by atoms with Gasteiger partial charge in [0.2, 0.25) is 0 Å². The molecule has 2 N–H and O–H groups in total. The van der Waals surface area contributed by atoms with E-state index >= 15 is 0 Å². The minimum atomic E-state index is -0.439. The first kappa shape index (κ1) is 8.96. The van der Waals surface area contributed by atoms with Gasteiger partial charge in [-0.25, -0.2) is 4.79 Å². The van der Waals surface area contributed by atoms with E-state index in [1.54, 1.807) is 12.1 Å². The van der Waals surface area contributed by atoms with Crippen LogP contribution in [0.1, 0.15) is 5.69 Å². The molecular formula is C11H9N3O2. The van der Waals surface area contributed by atoms with Crippen molar-refractivity contribution in [2.75, 3.05) is 0 Å². The number of fused-ring (bicyclic) bond motifs is 1. The number of oxazole rings is 1. The van der Waals surface area contributed by atoms with Gasteiger partial charge in [0, 0.05) is 11.3 Å². The van der Waals surface area contributed by atoms with Crippen LogP contribution in [0.3, 0.4) is 0 Å². The summed E-state index contributed by atoms with van der Waals surface area (Å²) in [6.07, 6.45) is 0. The number of rotatable bonds is 1. The topological polar surface area (TPSA) is 74.7 Å². The van der Waals surface area contributed by atoms with E-state index in [1.165, 1.54) is 0 Å². The van der Waals surface area contributed by atoms with Gasteiger partial charge in [0.15, 0.2) is 5.58 Å². The maximum atomic E-state index is 11.0. The smallest absolute Gasteiger partial charge is 0.408 e. The molecule has 0 fully saturated rings. The Morgan fingerprint density at radius 1 is 1.31 bits per heavy atom. The number of nitrogens with one attached hydrogen (secondary N) is 2. The van der Waals surface area contributed by atoms with Crippen LogP contribution < -0.4 is 5.76 Å². The van der Waals surface area contributed by atoms with Crippen molar-refractivity contribution in [3.8, 4) is 11.3 Å². The Morgan fingerprint density at radius 3 is 2.94 bits per heavy atom. The van der Waals surface area contributed by atoms with Gasteiger partial charge in [-0.15, -0.1) is 0 Å². The molecule has 0 amide bonds. The van der Waals surface area contributed by atoms with Gasteiger partial charge in [-0.05, 0) is 25.1 Å². The van der Waals surface area contributed by atoms with Crippen LogP contribution in [0.2, 0.25) is 0 Å². The fraction of sp³-hybridized carbons (Fsp3) is 0.0909. The molecule has 0 aliphatic heterocycles. The number of aromatic amines is 2. The number of aromatic nitrogens is 3. The monoisotopic (exact) mass is 215 g/mol. The highest BCUT2D eigenvalue weighted by molar-refractivity contribution is 5.78. The van der Waals surface area contributed by atoms with E-state index < -0.39 is 5.76 Å². The van der Waals surface area contributed by atoms with E-state index in [2.05, 4.69) is 15.2 Å². The van der Waals surface area contributed by atoms with Gasteiger partial charge < -0.3 is 4.42 Å². The lowest BCUT2D eigenvalue weighted by Crippen LogP contribution is -1.92. The average Bonchev–Trinajstić information content (AvgIpc) is 2.81. The molecule has 80 valence electrons. The summed E-state index contributed by atoms with van der Waals surface area (Å²) in [6, 6.07) is 7.43. The first-order valence-corrected chi connectivity index (χ1v) is 4.87. The van der Waals surface area contributed by atoms with Gasteiger partial charge in [0.25, 0.3) is 0 Å². The van der Waals surface area contributed by atoms with Crippen LogP contribution >= 0.6 is 0 Å². The number of benzene rings is 1. The number of aryl methyl sites for hydroxylation is 1. The first-order valence-electron chi connectivity index (χ1n) is 4.87. The molecule has 0 saturated carbocycles. The molecular weight excluding hydrogens is 206 g/mol. The average molecular weight is 215 g/mol. The molecule has 3 rings (SSSR count). The maximum absolute atomic E-state index is 11.0. The highest BCUT2D eigenvalue weighted by Gasteiger charge is 2.05. The van der Waals surface area contributed by atoms with E-state index in [9.17, 15) is 4.79 Å². The molecule has 2 heterocycles. The minimum absolute atomic E-state index is 0.439. The maximum Gasteiger partial charge on any atom is 0.417 e. The predicted octanol–water partition coefficient (Wildman–Crippen LogP) is 1.82. The predicted molar refractivity (Wildman–Crippen MR) is 59.2 cm³/mol. The summed E-state index contributed by atoms with van der Waals surface area (Å²) in [5, 5.41) is 7.01. The normalized spacial score (nSPS) is 11.1. The summed E-state index contributed by atoms with van der Waals surface area (Å²) < 4.78 is 4.99. The molecule has 0 aliphatic rings. The van der Waals surface area contributed by atoms with Crippen molar-refractivity contribution in [1.82, 2.24) is 15.2 Å². The van der Waals surface area contributed by atoms with Crippen LogP contribution in [0.25, 0.3) is 22.4 Å². The van der Waals surface area contributed by atoms with Crippen LogP contribution in [0.5, 0.6) is 0 Å². The van der Waals surface area contributed by atoms with Gasteiger partial charge in [-0.3, -0.25) is 10.1 Å². The Labute approximate surface area is 90.1 Å². The van der Waals surface area contributed by atoms with Gasteiger partial charge in [-0.1, -0.05) is 6.07 Å². The number of hydrogen-bond acceptors (Lipinski definition) is 3. The molecule has 0 aliphatic carbocycles. The third-order valence-electron chi connectivity index (χ3n) is 2.42. The SMILES string of the molecule is Cc1cc(-c2ccc3[nH]c(=O)oc3c2)n[nH]1. The van der Waals surface area contributed by atoms with Crippen LogP contribution in [0.15, 0.2) is 33.5 Å². The van der Waals surface area contributed by atoms with E-state index in [-0.39, 0.29) is 0 Å². The van der Waals surface area contributed by atoms with Crippen LogP contribution in [0.4, 0.5) is 0 Å². The van der Waals surface area contributed by atoms with E-state index in [0.29, 0.717) is 11.1 Å². The van der Waals surface area contributed by atoms with Crippen LogP contribution in [-0.4, -0.2) is 15.2 Å². The standard InChI is InChI=1S/C11H9N3O2/c1-6-4-9(14-13-6)7-2-3-8-10(5-7)16-11(15)12-8/h2-5H,1H3,(H,12,15)(H,13,14). The zero-order chi connectivity index (χ0) is 11.1. The molecule has 0 bridgehead atoms. The van der Waals surface area contributed by atoms with Crippen molar-refractivity contribution in [2.24, 2.45) is 0 Å². The Bertz CT molecular complexity index is 705. The molecule has 5 nitrogen and oxygen atoms in total. The summed E-state index contributed by atoms with van der Waals surface area (Å²) in [5.41, 5.74) is 3.98. The number of hydrogen-bond donors (Lipinski definition) is 2. The molecule has 0 unspecified atom stereocenters. The lowest BCUT2D eigenvalue weighted by atomic mass is 10.1. The van der Waals surface area contributed by atoms with Crippen molar-refractivity contribution in [1.29, 1.82) is 0 Å².